The average molecular weight is 466 g/mol. The number of nitrogens with zero attached hydrogens (tertiary/aromatic N) is 1. The molecule has 0 aliphatic carbocycles. The van der Waals surface area contributed by atoms with Crippen molar-refractivity contribution in [2.24, 2.45) is 0 Å². The molecule has 0 unspecified atom stereocenters. The highest BCUT2D eigenvalue weighted by Gasteiger charge is 2.41. The number of aryl methyl sites for hydroxylation is 1. The minimum absolute atomic E-state index is 0.0181. The van der Waals surface area contributed by atoms with Crippen LogP contribution < -0.4 is 15.0 Å². The van der Waals surface area contributed by atoms with E-state index >= 15 is 0 Å². The lowest BCUT2D eigenvalue weighted by Gasteiger charge is -2.17. The lowest BCUT2D eigenvalue weighted by Crippen LogP contribution is -2.32. The van der Waals surface area contributed by atoms with Crippen LogP contribution in [0.15, 0.2) is 78.5 Å². The Hall–Kier alpha value is -4.07. The van der Waals surface area contributed by atoms with Crippen LogP contribution in [0.5, 0.6) is 5.75 Å². The van der Waals surface area contributed by atoms with Crippen LogP contribution in [0.4, 0.5) is 24.5 Å². The zero-order chi connectivity index (χ0) is 24.5. The van der Waals surface area contributed by atoms with Crippen LogP contribution in [0, 0.1) is 6.92 Å². The number of imide groups is 1. The van der Waals surface area contributed by atoms with Crippen molar-refractivity contribution in [3.05, 3.63) is 95.2 Å². The van der Waals surface area contributed by atoms with E-state index in [-0.39, 0.29) is 17.0 Å². The summed E-state index contributed by atoms with van der Waals surface area (Å²) in [6, 6.07) is 17.9. The van der Waals surface area contributed by atoms with Gasteiger partial charge in [0.05, 0.1) is 23.4 Å². The average Bonchev–Trinajstić information content (AvgIpc) is 3.05. The Labute approximate surface area is 194 Å². The molecule has 0 saturated heterocycles. The summed E-state index contributed by atoms with van der Waals surface area (Å²) in [4.78, 5) is 27.6. The van der Waals surface area contributed by atoms with E-state index in [0.717, 1.165) is 22.6 Å². The van der Waals surface area contributed by atoms with Gasteiger partial charge in [-0.3, -0.25) is 9.59 Å². The molecule has 5 nitrogen and oxygen atoms in total. The Balaban J connectivity index is 1.77. The molecule has 174 valence electrons. The van der Waals surface area contributed by atoms with E-state index in [1.807, 2.05) is 13.8 Å². The molecule has 4 rings (SSSR count). The molecule has 3 aromatic rings. The van der Waals surface area contributed by atoms with E-state index < -0.39 is 23.6 Å². The lowest BCUT2D eigenvalue weighted by molar-refractivity contribution is -0.137. The van der Waals surface area contributed by atoms with E-state index in [9.17, 15) is 22.8 Å². The summed E-state index contributed by atoms with van der Waals surface area (Å²) < 4.78 is 45.2. The van der Waals surface area contributed by atoms with Gasteiger partial charge in [0, 0.05) is 5.69 Å². The smallest absolute Gasteiger partial charge is 0.416 e. The highest BCUT2D eigenvalue weighted by atomic mass is 19.4. The molecule has 1 N–H and O–H groups in total. The summed E-state index contributed by atoms with van der Waals surface area (Å²) in [5.41, 5.74) is 0.916. The van der Waals surface area contributed by atoms with Crippen molar-refractivity contribution < 1.29 is 27.5 Å². The second kappa shape index (κ2) is 9.05. The maximum absolute atomic E-state index is 13.4. The zero-order valence-electron chi connectivity index (χ0n) is 18.4. The van der Waals surface area contributed by atoms with Crippen LogP contribution in [-0.4, -0.2) is 18.4 Å². The number of carbonyl (C=O) groups is 2. The summed E-state index contributed by atoms with van der Waals surface area (Å²) in [6.07, 6.45) is -4.61. The van der Waals surface area contributed by atoms with Gasteiger partial charge in [0.1, 0.15) is 11.4 Å². The predicted molar refractivity (Wildman–Crippen MR) is 123 cm³/mol. The number of ether oxygens (including phenoxy) is 1. The number of hydrogen-bond acceptors (Lipinski definition) is 4. The van der Waals surface area contributed by atoms with Crippen molar-refractivity contribution in [3.8, 4) is 5.75 Å². The van der Waals surface area contributed by atoms with E-state index in [4.69, 9.17) is 4.74 Å². The van der Waals surface area contributed by atoms with Crippen LogP contribution in [0.3, 0.4) is 0 Å². The second-order valence-corrected chi connectivity index (χ2v) is 7.69. The molecule has 0 radical (unpaired) electrons. The lowest BCUT2D eigenvalue weighted by atomic mass is 10.0. The van der Waals surface area contributed by atoms with Gasteiger partial charge in [-0.15, -0.1) is 0 Å². The first-order chi connectivity index (χ1) is 16.2. The van der Waals surface area contributed by atoms with E-state index in [0.29, 0.717) is 23.6 Å². The molecule has 34 heavy (non-hydrogen) atoms. The van der Waals surface area contributed by atoms with E-state index in [1.165, 1.54) is 12.1 Å². The molecule has 1 aliphatic rings. The van der Waals surface area contributed by atoms with Crippen molar-refractivity contribution in [1.29, 1.82) is 0 Å². The number of carbonyl (C=O) groups excluding carboxylic acids is 2. The summed E-state index contributed by atoms with van der Waals surface area (Å²) in [5.74, 6) is -0.810. The largest absolute Gasteiger partial charge is 0.494 e. The van der Waals surface area contributed by atoms with E-state index in [1.54, 1.807) is 48.5 Å². The van der Waals surface area contributed by atoms with Crippen LogP contribution in [-0.2, 0) is 15.8 Å². The maximum atomic E-state index is 13.4. The molecule has 0 spiro atoms. The Bertz CT molecular complexity index is 1260. The standard InChI is InChI=1S/C26H21F3N2O3/c1-3-34-21-13-11-19(12-14-21)30-23-22(17-9-7-16(2)8-10-17)24(32)31(25(23)33)20-6-4-5-18(15-20)26(27,28)29/h4-15,30H,3H2,1-2H3. The third-order valence-corrected chi connectivity index (χ3v) is 5.29. The fourth-order valence-corrected chi connectivity index (χ4v) is 3.64. The first-order valence-electron chi connectivity index (χ1n) is 10.6. The summed E-state index contributed by atoms with van der Waals surface area (Å²) in [5, 5.41) is 2.99. The SMILES string of the molecule is CCOc1ccc(NC2=C(c3ccc(C)cc3)C(=O)N(c3cccc(C(F)(F)F)c3)C2=O)cc1. The van der Waals surface area contributed by atoms with Crippen LogP contribution in [0.1, 0.15) is 23.6 Å². The van der Waals surface area contributed by atoms with Crippen molar-refractivity contribution in [3.63, 3.8) is 0 Å². The van der Waals surface area contributed by atoms with Crippen molar-refractivity contribution in [2.45, 2.75) is 20.0 Å². The third-order valence-electron chi connectivity index (χ3n) is 5.29. The number of alkyl halides is 3. The molecule has 8 heteroatoms. The van der Waals surface area contributed by atoms with Gasteiger partial charge < -0.3 is 10.1 Å². The van der Waals surface area contributed by atoms with Crippen LogP contribution >= 0.6 is 0 Å². The van der Waals surface area contributed by atoms with Gasteiger partial charge in [-0.2, -0.15) is 13.2 Å². The molecule has 0 aromatic heterocycles. The quantitative estimate of drug-likeness (QED) is 0.466. The number of amides is 2. The number of rotatable bonds is 6. The van der Waals surface area contributed by atoms with Gasteiger partial charge in [-0.25, -0.2) is 4.90 Å². The summed E-state index contributed by atoms with van der Waals surface area (Å²) in [6.45, 7) is 4.23. The molecule has 2 amide bonds. The van der Waals surface area contributed by atoms with Gasteiger partial charge in [-0.1, -0.05) is 35.9 Å². The van der Waals surface area contributed by atoms with E-state index in [2.05, 4.69) is 5.32 Å². The molecular weight excluding hydrogens is 445 g/mol. The Morgan fingerprint density at radius 3 is 2.21 bits per heavy atom. The Kier molecular flexibility index (Phi) is 6.15. The van der Waals surface area contributed by atoms with Crippen LogP contribution in [0.25, 0.3) is 5.57 Å². The number of hydrogen-bond donors (Lipinski definition) is 1. The normalized spacial score (nSPS) is 14.1. The Morgan fingerprint density at radius 2 is 1.59 bits per heavy atom. The molecule has 0 saturated carbocycles. The summed E-state index contributed by atoms with van der Waals surface area (Å²) in [7, 11) is 0. The maximum Gasteiger partial charge on any atom is 0.416 e. The first kappa shape index (κ1) is 23.1. The summed E-state index contributed by atoms with van der Waals surface area (Å²) >= 11 is 0. The van der Waals surface area contributed by atoms with Gasteiger partial charge in [0.25, 0.3) is 11.8 Å². The highest BCUT2D eigenvalue weighted by molar-refractivity contribution is 6.46. The first-order valence-corrected chi connectivity index (χ1v) is 10.6. The fraction of sp³-hybridized carbons (Fsp3) is 0.154. The molecule has 3 aromatic carbocycles. The Morgan fingerprint density at radius 1 is 0.912 bits per heavy atom. The second-order valence-electron chi connectivity index (χ2n) is 7.69. The molecule has 1 heterocycles. The van der Waals surface area contributed by atoms with Crippen LogP contribution in [0.2, 0.25) is 0 Å². The van der Waals surface area contributed by atoms with Crippen molar-refractivity contribution in [2.75, 3.05) is 16.8 Å². The molecule has 0 fully saturated rings. The minimum atomic E-state index is -4.61. The molecular formula is C26H21F3N2O3. The number of anilines is 2. The number of halogens is 3. The fourth-order valence-electron chi connectivity index (χ4n) is 3.64. The van der Waals surface area contributed by atoms with Gasteiger partial charge >= 0.3 is 6.18 Å². The van der Waals surface area contributed by atoms with Gasteiger partial charge in [0.2, 0.25) is 0 Å². The zero-order valence-corrected chi connectivity index (χ0v) is 18.4. The third kappa shape index (κ3) is 4.52. The number of benzene rings is 3. The van der Waals surface area contributed by atoms with Gasteiger partial charge in [-0.05, 0) is 61.9 Å². The van der Waals surface area contributed by atoms with Gasteiger partial charge in [0.15, 0.2) is 0 Å². The molecule has 1 aliphatic heterocycles. The molecule has 0 bridgehead atoms. The topological polar surface area (TPSA) is 58.6 Å². The van der Waals surface area contributed by atoms with Crippen molar-refractivity contribution in [1.82, 2.24) is 0 Å². The predicted octanol–water partition coefficient (Wildman–Crippen LogP) is 5.81. The minimum Gasteiger partial charge on any atom is -0.494 e. The van der Waals surface area contributed by atoms with Crippen molar-refractivity contribution >= 4 is 28.8 Å². The highest BCUT2D eigenvalue weighted by Crippen LogP contribution is 2.37. The monoisotopic (exact) mass is 466 g/mol. The number of nitrogens with one attached hydrogen (secondary N) is 1. The molecule has 0 atom stereocenters.